The summed E-state index contributed by atoms with van der Waals surface area (Å²) in [6, 6.07) is 12.7. The summed E-state index contributed by atoms with van der Waals surface area (Å²) in [5.74, 6) is 0.985. The fourth-order valence-electron chi connectivity index (χ4n) is 4.75. The smallest absolute Gasteiger partial charge is 0.318 e. The number of nitrogens with zero attached hydrogens (tertiary/aromatic N) is 4. The Kier molecular flexibility index (Phi) is 4.19. The van der Waals surface area contributed by atoms with Crippen molar-refractivity contribution in [2.24, 2.45) is 0 Å². The van der Waals surface area contributed by atoms with Gasteiger partial charge in [-0.3, -0.25) is 4.79 Å². The van der Waals surface area contributed by atoms with E-state index in [0.717, 1.165) is 31.7 Å². The van der Waals surface area contributed by atoms with Crippen LogP contribution in [0.4, 0.5) is 5.82 Å². The topological polar surface area (TPSA) is 67.8 Å². The first-order chi connectivity index (χ1) is 13.7. The molecule has 0 radical (unpaired) electrons. The van der Waals surface area contributed by atoms with Gasteiger partial charge in [0.1, 0.15) is 12.0 Å². The van der Waals surface area contributed by atoms with Crippen molar-refractivity contribution in [3.05, 3.63) is 48.2 Å². The molecule has 3 aliphatic rings. The molecular weight excluding hydrogens is 356 g/mol. The van der Waals surface area contributed by atoms with E-state index in [-0.39, 0.29) is 18.2 Å². The van der Waals surface area contributed by atoms with Gasteiger partial charge in [-0.05, 0) is 24.5 Å². The quantitative estimate of drug-likeness (QED) is 0.815. The zero-order valence-corrected chi connectivity index (χ0v) is 16.0. The summed E-state index contributed by atoms with van der Waals surface area (Å²) in [4.78, 5) is 26.1. The predicted molar refractivity (Wildman–Crippen MR) is 103 cm³/mol. The molecule has 1 aromatic heterocycles. The summed E-state index contributed by atoms with van der Waals surface area (Å²) in [7, 11) is 1.56. The molecule has 3 saturated heterocycles. The Morgan fingerprint density at radius 1 is 1.14 bits per heavy atom. The van der Waals surface area contributed by atoms with Gasteiger partial charge in [0.05, 0.1) is 13.2 Å². The second kappa shape index (κ2) is 6.74. The molecule has 1 amide bonds. The molecule has 0 saturated carbocycles. The number of aromatic nitrogens is 2. The van der Waals surface area contributed by atoms with Crippen molar-refractivity contribution in [2.75, 3.05) is 25.1 Å². The lowest BCUT2D eigenvalue weighted by atomic mass is 9.89. The maximum atomic E-state index is 13.4. The van der Waals surface area contributed by atoms with E-state index in [2.05, 4.69) is 27.0 Å². The van der Waals surface area contributed by atoms with E-state index in [1.807, 2.05) is 29.2 Å². The highest BCUT2D eigenvalue weighted by Crippen LogP contribution is 2.47. The number of carbonyl (C=O) groups excluding carboxylic acids is 1. The molecule has 4 heterocycles. The van der Waals surface area contributed by atoms with Crippen molar-refractivity contribution in [3.8, 4) is 6.01 Å². The molecule has 0 aliphatic carbocycles. The van der Waals surface area contributed by atoms with Crippen molar-refractivity contribution >= 4 is 11.7 Å². The van der Waals surface area contributed by atoms with Crippen LogP contribution in [0.15, 0.2) is 42.6 Å². The van der Waals surface area contributed by atoms with Crippen LogP contribution in [0.2, 0.25) is 0 Å². The molecule has 7 nitrogen and oxygen atoms in total. The molecule has 1 aromatic carbocycles. The number of rotatable bonds is 3. The first kappa shape index (κ1) is 17.4. The van der Waals surface area contributed by atoms with Crippen LogP contribution >= 0.6 is 0 Å². The molecule has 2 atom stereocenters. The number of amides is 1. The number of piperidine rings is 1. The van der Waals surface area contributed by atoms with Crippen molar-refractivity contribution in [3.63, 3.8) is 0 Å². The van der Waals surface area contributed by atoms with Crippen LogP contribution < -0.4 is 9.64 Å². The number of benzene rings is 1. The molecule has 0 unspecified atom stereocenters. The van der Waals surface area contributed by atoms with Gasteiger partial charge in [0.2, 0.25) is 0 Å². The van der Waals surface area contributed by atoms with E-state index in [1.54, 1.807) is 13.3 Å². The van der Waals surface area contributed by atoms with Crippen LogP contribution in [0, 0.1) is 0 Å². The van der Waals surface area contributed by atoms with Gasteiger partial charge in [-0.25, -0.2) is 4.98 Å². The highest BCUT2D eigenvalue weighted by Gasteiger charge is 2.57. The Morgan fingerprint density at radius 2 is 1.93 bits per heavy atom. The van der Waals surface area contributed by atoms with E-state index in [4.69, 9.17) is 9.47 Å². The number of hydrogen-bond acceptors (Lipinski definition) is 6. The molecule has 2 aromatic rings. The third-order valence-corrected chi connectivity index (χ3v) is 6.20. The van der Waals surface area contributed by atoms with Gasteiger partial charge in [0, 0.05) is 32.1 Å². The van der Waals surface area contributed by atoms with Crippen LogP contribution in [0.3, 0.4) is 0 Å². The summed E-state index contributed by atoms with van der Waals surface area (Å²) >= 11 is 0. The zero-order valence-electron chi connectivity index (χ0n) is 16.0. The fraction of sp³-hybridized carbons (Fsp3) is 0.476. The molecule has 146 valence electrons. The number of fused-ring (bicyclic) bond motifs is 1. The van der Waals surface area contributed by atoms with Crippen LogP contribution in [0.1, 0.15) is 37.3 Å². The lowest BCUT2D eigenvalue weighted by molar-refractivity contribution is -0.140. The normalized spacial score (nSPS) is 26.0. The molecule has 0 N–H and O–H groups in total. The second-order valence-electron chi connectivity index (χ2n) is 7.67. The Hall–Kier alpha value is -2.67. The summed E-state index contributed by atoms with van der Waals surface area (Å²) in [5, 5.41) is 0. The van der Waals surface area contributed by atoms with Crippen LogP contribution in [-0.4, -0.2) is 52.8 Å². The Bertz CT molecular complexity index is 867. The lowest BCUT2D eigenvalue weighted by Crippen LogP contribution is -2.50. The van der Waals surface area contributed by atoms with Crippen molar-refractivity contribution in [1.29, 1.82) is 0 Å². The molecule has 0 bridgehead atoms. The second-order valence-corrected chi connectivity index (χ2v) is 7.67. The largest absolute Gasteiger partial charge is 0.467 e. The standard InChI is InChI=1S/C21H24N4O3/c1-27-20-22-12-9-17(23-20)24-13-10-21(11-14-24)19(26)25-16(7-8-18(25)28-21)15-5-3-2-4-6-15/h2-6,9,12,16,18H,7-8,10-11,13-14H2,1H3/t16-,18+/m0/s1. The number of methoxy groups -OCH3 is 1. The minimum Gasteiger partial charge on any atom is -0.467 e. The highest BCUT2D eigenvalue weighted by molar-refractivity contribution is 5.88. The summed E-state index contributed by atoms with van der Waals surface area (Å²) in [6.07, 6.45) is 4.81. The number of anilines is 1. The van der Waals surface area contributed by atoms with E-state index >= 15 is 0 Å². The Balaban J connectivity index is 1.32. The first-order valence-electron chi connectivity index (χ1n) is 9.88. The van der Waals surface area contributed by atoms with E-state index < -0.39 is 5.60 Å². The van der Waals surface area contributed by atoms with Crippen molar-refractivity contribution in [2.45, 2.75) is 43.6 Å². The van der Waals surface area contributed by atoms with E-state index in [9.17, 15) is 4.79 Å². The third kappa shape index (κ3) is 2.73. The number of ether oxygens (including phenoxy) is 2. The minimum absolute atomic E-state index is 0.0941. The molecule has 7 heteroatoms. The van der Waals surface area contributed by atoms with E-state index in [0.29, 0.717) is 18.9 Å². The van der Waals surface area contributed by atoms with Gasteiger partial charge in [0.15, 0.2) is 5.60 Å². The van der Waals surface area contributed by atoms with Gasteiger partial charge < -0.3 is 19.3 Å². The van der Waals surface area contributed by atoms with Gasteiger partial charge >= 0.3 is 6.01 Å². The molecule has 3 fully saturated rings. The van der Waals surface area contributed by atoms with Crippen LogP contribution in [0.25, 0.3) is 0 Å². The minimum atomic E-state index is -0.689. The summed E-state index contributed by atoms with van der Waals surface area (Å²) in [5.41, 5.74) is 0.510. The van der Waals surface area contributed by atoms with Crippen LogP contribution in [0.5, 0.6) is 6.01 Å². The molecular formula is C21H24N4O3. The van der Waals surface area contributed by atoms with Gasteiger partial charge in [-0.1, -0.05) is 30.3 Å². The maximum Gasteiger partial charge on any atom is 0.318 e. The monoisotopic (exact) mass is 380 g/mol. The lowest BCUT2D eigenvalue weighted by Gasteiger charge is -2.38. The maximum absolute atomic E-state index is 13.4. The SMILES string of the molecule is COc1nccc(N2CCC3(CC2)O[C@@H]2CC[C@@H](c4ccccc4)N2C3=O)n1. The molecule has 3 aliphatic heterocycles. The summed E-state index contributed by atoms with van der Waals surface area (Å²) in [6.45, 7) is 1.45. The van der Waals surface area contributed by atoms with Gasteiger partial charge in [-0.15, -0.1) is 0 Å². The van der Waals surface area contributed by atoms with Crippen molar-refractivity contribution in [1.82, 2.24) is 14.9 Å². The first-order valence-corrected chi connectivity index (χ1v) is 9.88. The average molecular weight is 380 g/mol. The van der Waals surface area contributed by atoms with Gasteiger partial charge in [0.25, 0.3) is 5.91 Å². The predicted octanol–water partition coefficient (Wildman–Crippen LogP) is 2.54. The molecule has 28 heavy (non-hydrogen) atoms. The number of hydrogen-bond donors (Lipinski definition) is 0. The molecule has 1 spiro atoms. The third-order valence-electron chi connectivity index (χ3n) is 6.20. The highest BCUT2D eigenvalue weighted by atomic mass is 16.6. The van der Waals surface area contributed by atoms with Gasteiger partial charge in [-0.2, -0.15) is 4.98 Å². The fourth-order valence-corrected chi connectivity index (χ4v) is 4.75. The van der Waals surface area contributed by atoms with Crippen LogP contribution in [-0.2, 0) is 9.53 Å². The van der Waals surface area contributed by atoms with E-state index in [1.165, 1.54) is 5.56 Å². The number of carbonyl (C=O) groups is 1. The average Bonchev–Trinajstić information content (AvgIpc) is 3.27. The Labute approximate surface area is 164 Å². The zero-order chi connectivity index (χ0) is 19.1. The summed E-state index contributed by atoms with van der Waals surface area (Å²) < 4.78 is 11.5. The molecule has 5 rings (SSSR count). The van der Waals surface area contributed by atoms with Crippen molar-refractivity contribution < 1.29 is 14.3 Å². The Morgan fingerprint density at radius 3 is 2.68 bits per heavy atom.